The summed E-state index contributed by atoms with van der Waals surface area (Å²) in [6.45, 7) is 3.62. The van der Waals surface area contributed by atoms with Crippen molar-refractivity contribution in [2.24, 2.45) is 0 Å². The van der Waals surface area contributed by atoms with Gasteiger partial charge in [-0.25, -0.2) is 9.36 Å². The molecule has 324 valence electrons. The first-order valence-corrected chi connectivity index (χ1v) is 24.7. The number of rotatable bonds is 43. The van der Waals surface area contributed by atoms with E-state index >= 15 is 0 Å². The molecule has 0 fully saturated rings. The van der Waals surface area contributed by atoms with Crippen LogP contribution >= 0.6 is 7.82 Å². The molecule has 0 aliphatic carbocycles. The first-order chi connectivity index (χ1) is 26.8. The van der Waals surface area contributed by atoms with Crippen molar-refractivity contribution in [3.05, 3.63) is 24.3 Å². The number of unbranched alkanes of at least 4 members (excludes halogenated alkanes) is 32. The summed E-state index contributed by atoms with van der Waals surface area (Å²) in [7, 11) is -4.78. The highest BCUT2D eigenvalue weighted by atomic mass is 31.2. The number of phosphoric ester groups is 1. The van der Waals surface area contributed by atoms with Gasteiger partial charge in [0.2, 0.25) is 0 Å². The second-order valence-electron chi connectivity index (χ2n) is 15.8. The predicted octanol–water partition coefficient (Wildman–Crippen LogP) is 14.4. The van der Waals surface area contributed by atoms with E-state index in [0.29, 0.717) is 0 Å². The highest BCUT2D eigenvalue weighted by Gasteiger charge is 2.22. The van der Waals surface area contributed by atoms with Gasteiger partial charge in [-0.15, -0.1) is 0 Å². The normalized spacial score (nSPS) is 12.6. The lowest BCUT2D eigenvalue weighted by molar-refractivity contribution is -0.157. The molecule has 0 aromatic carbocycles. The number of esters is 2. The van der Waals surface area contributed by atoms with Crippen LogP contribution in [0.1, 0.15) is 239 Å². The van der Waals surface area contributed by atoms with Gasteiger partial charge in [-0.1, -0.05) is 231 Å². The third-order valence-corrected chi connectivity index (χ3v) is 10.8. The number of hydrogen-bond acceptors (Lipinski definition) is 6. The van der Waals surface area contributed by atoms with Gasteiger partial charge in [0, 0.05) is 12.5 Å². The molecule has 9 heteroatoms. The summed E-state index contributed by atoms with van der Waals surface area (Å²) in [5.74, 6) is -1.12. The lowest BCUT2D eigenvalue weighted by Crippen LogP contribution is -2.29. The van der Waals surface area contributed by atoms with Crippen LogP contribution in [-0.2, 0) is 28.2 Å². The minimum Gasteiger partial charge on any atom is -0.462 e. The molecule has 8 nitrogen and oxygen atoms in total. The highest BCUT2D eigenvalue weighted by molar-refractivity contribution is 7.46. The zero-order valence-corrected chi connectivity index (χ0v) is 36.7. The molecule has 2 N–H and O–H groups in total. The summed E-state index contributed by atoms with van der Waals surface area (Å²) in [6.07, 6.45) is 49.7. The Kier molecular flexibility index (Phi) is 41.0. The molecule has 1 atom stereocenters. The highest BCUT2D eigenvalue weighted by Crippen LogP contribution is 2.36. The van der Waals surface area contributed by atoms with Crippen LogP contribution in [-0.4, -0.2) is 41.0 Å². The Morgan fingerprint density at radius 1 is 0.509 bits per heavy atom. The van der Waals surface area contributed by atoms with E-state index in [1.165, 1.54) is 192 Å². The molecule has 0 heterocycles. The van der Waals surface area contributed by atoms with Gasteiger partial charge in [-0.05, 0) is 19.3 Å². The molecule has 0 bridgehead atoms. The molecule has 0 aliphatic heterocycles. The smallest absolute Gasteiger partial charge is 0.462 e. The Bertz CT molecular complexity index is 946. The van der Waals surface area contributed by atoms with E-state index in [1.807, 2.05) is 6.08 Å². The monoisotopic (exact) mass is 799 g/mol. The first kappa shape index (κ1) is 53.5. The van der Waals surface area contributed by atoms with E-state index in [-0.39, 0.29) is 13.0 Å². The minimum absolute atomic E-state index is 0.253. The fourth-order valence-electron chi connectivity index (χ4n) is 6.87. The zero-order chi connectivity index (χ0) is 40.3. The van der Waals surface area contributed by atoms with Gasteiger partial charge in [0.15, 0.2) is 6.10 Å². The second kappa shape index (κ2) is 42.1. The van der Waals surface area contributed by atoms with Crippen molar-refractivity contribution in [2.75, 3.05) is 13.2 Å². The van der Waals surface area contributed by atoms with E-state index < -0.39 is 32.5 Å². The largest absolute Gasteiger partial charge is 0.469 e. The molecule has 0 saturated heterocycles. The standard InChI is InChI=1S/C46H87O8P/c1-3-5-7-9-11-13-15-17-19-20-21-22-23-24-25-27-28-30-32-34-36-38-40-45(47)52-42-44(43-53-55(49,50)51)54-46(48)41-39-37-35-33-31-29-26-18-16-14-12-10-8-6-4-2/h35,37,39,41,44H,3-34,36,38,40,42-43H2,1-2H3,(H2,49,50,51)/b37-35+,41-39+/t44-/m1/s1. The third kappa shape index (κ3) is 45.1. The fraction of sp³-hybridized carbons (Fsp3) is 0.870. The fourth-order valence-corrected chi connectivity index (χ4v) is 7.23. The molecule has 55 heavy (non-hydrogen) atoms. The molecule has 0 radical (unpaired) electrons. The van der Waals surface area contributed by atoms with E-state index in [1.54, 1.807) is 12.2 Å². The van der Waals surface area contributed by atoms with Gasteiger partial charge in [0.25, 0.3) is 0 Å². The summed E-state index contributed by atoms with van der Waals surface area (Å²) in [6, 6.07) is 0. The molecule has 0 aliphatic rings. The van der Waals surface area contributed by atoms with Gasteiger partial charge < -0.3 is 19.3 Å². The molecule has 0 aromatic heterocycles. The van der Waals surface area contributed by atoms with Gasteiger partial charge in [0.1, 0.15) is 6.61 Å². The maximum Gasteiger partial charge on any atom is 0.469 e. The summed E-state index contributed by atoms with van der Waals surface area (Å²) in [4.78, 5) is 42.8. The first-order valence-electron chi connectivity index (χ1n) is 23.2. The van der Waals surface area contributed by atoms with Crippen LogP contribution in [0.25, 0.3) is 0 Å². The van der Waals surface area contributed by atoms with Gasteiger partial charge in [-0.3, -0.25) is 9.32 Å². The van der Waals surface area contributed by atoms with Crippen molar-refractivity contribution >= 4 is 19.8 Å². The number of allylic oxidation sites excluding steroid dienone is 3. The van der Waals surface area contributed by atoms with Crippen LogP contribution in [0.15, 0.2) is 24.3 Å². The Morgan fingerprint density at radius 2 is 0.873 bits per heavy atom. The lowest BCUT2D eigenvalue weighted by Gasteiger charge is -2.17. The van der Waals surface area contributed by atoms with E-state index in [0.717, 1.165) is 32.1 Å². The predicted molar refractivity (Wildman–Crippen MR) is 230 cm³/mol. The maximum absolute atomic E-state index is 12.3. The second-order valence-corrected chi connectivity index (χ2v) is 17.1. The molecule has 0 aromatic rings. The van der Waals surface area contributed by atoms with Crippen LogP contribution in [0.4, 0.5) is 0 Å². The average Bonchev–Trinajstić information content (AvgIpc) is 3.16. The SMILES string of the molecule is CCCCCCCCCCCCC/C=C/C=C/C(=O)O[C@H](COC(=O)CCCCCCCCCCCCCCCCCCCCCCCC)COP(=O)(O)O. The molecule has 0 spiro atoms. The van der Waals surface area contributed by atoms with Crippen molar-refractivity contribution in [1.29, 1.82) is 0 Å². The Labute approximate surface area is 339 Å². The van der Waals surface area contributed by atoms with Crippen molar-refractivity contribution in [2.45, 2.75) is 245 Å². The molecule has 0 rings (SSSR count). The van der Waals surface area contributed by atoms with Crippen molar-refractivity contribution < 1.29 is 37.9 Å². The third-order valence-electron chi connectivity index (χ3n) is 10.3. The van der Waals surface area contributed by atoms with Crippen LogP contribution in [0.3, 0.4) is 0 Å². The van der Waals surface area contributed by atoms with Crippen molar-refractivity contribution in [3.63, 3.8) is 0 Å². The van der Waals surface area contributed by atoms with E-state index in [2.05, 4.69) is 18.4 Å². The van der Waals surface area contributed by atoms with Crippen molar-refractivity contribution in [3.8, 4) is 0 Å². The summed E-state index contributed by atoms with van der Waals surface area (Å²) < 4.78 is 26.3. The quantitative estimate of drug-likeness (QED) is 0.0206. The summed E-state index contributed by atoms with van der Waals surface area (Å²) >= 11 is 0. The number of ether oxygens (including phenoxy) is 2. The summed E-state index contributed by atoms with van der Waals surface area (Å²) in [5, 5.41) is 0. The topological polar surface area (TPSA) is 119 Å². The summed E-state index contributed by atoms with van der Waals surface area (Å²) in [5.41, 5.74) is 0. The van der Waals surface area contributed by atoms with Crippen LogP contribution in [0.5, 0.6) is 0 Å². The van der Waals surface area contributed by atoms with Crippen molar-refractivity contribution in [1.82, 2.24) is 0 Å². The Morgan fingerprint density at radius 3 is 1.25 bits per heavy atom. The van der Waals surface area contributed by atoms with E-state index in [9.17, 15) is 14.2 Å². The number of carbonyl (C=O) groups excluding carboxylic acids is 2. The van der Waals surface area contributed by atoms with E-state index in [4.69, 9.17) is 19.3 Å². The van der Waals surface area contributed by atoms with Crippen LogP contribution in [0, 0.1) is 0 Å². The number of carbonyl (C=O) groups is 2. The minimum atomic E-state index is -4.78. The number of phosphoric acid groups is 1. The molecule has 0 unspecified atom stereocenters. The number of hydrogen-bond donors (Lipinski definition) is 2. The van der Waals surface area contributed by atoms with Gasteiger partial charge >= 0.3 is 19.8 Å². The molecule has 0 amide bonds. The van der Waals surface area contributed by atoms with Crippen LogP contribution < -0.4 is 0 Å². The molecular formula is C46H87O8P. The zero-order valence-electron chi connectivity index (χ0n) is 35.8. The molecule has 0 saturated carbocycles. The Hall–Kier alpha value is -1.47. The van der Waals surface area contributed by atoms with Crippen LogP contribution in [0.2, 0.25) is 0 Å². The van der Waals surface area contributed by atoms with Gasteiger partial charge in [0.05, 0.1) is 6.61 Å². The lowest BCUT2D eigenvalue weighted by atomic mass is 10.0. The molecular weight excluding hydrogens is 711 g/mol. The van der Waals surface area contributed by atoms with Gasteiger partial charge in [-0.2, -0.15) is 0 Å². The average molecular weight is 799 g/mol. The Balaban J connectivity index is 3.87. The maximum atomic E-state index is 12.3.